The van der Waals surface area contributed by atoms with Gasteiger partial charge in [0.2, 0.25) is 0 Å². The van der Waals surface area contributed by atoms with Crippen LogP contribution in [0.15, 0.2) is 30.5 Å². The van der Waals surface area contributed by atoms with Crippen molar-refractivity contribution in [1.29, 1.82) is 0 Å². The summed E-state index contributed by atoms with van der Waals surface area (Å²) in [5.74, 6) is -0.102. The molecule has 1 aromatic carbocycles. The van der Waals surface area contributed by atoms with Crippen molar-refractivity contribution >= 4 is 17.4 Å². The van der Waals surface area contributed by atoms with Crippen LogP contribution in [0.25, 0.3) is 0 Å². The number of aromatic nitrogens is 2. The fourth-order valence-corrected chi connectivity index (χ4v) is 3.51. The van der Waals surface area contributed by atoms with Gasteiger partial charge in [-0.3, -0.25) is 4.79 Å². The van der Waals surface area contributed by atoms with Crippen molar-refractivity contribution in [2.45, 2.75) is 25.2 Å². The molecule has 0 radical (unpaired) electrons. The van der Waals surface area contributed by atoms with Gasteiger partial charge in [0.05, 0.1) is 6.20 Å². The van der Waals surface area contributed by atoms with Crippen molar-refractivity contribution in [2.24, 2.45) is 0 Å². The molecule has 0 atom stereocenters. The van der Waals surface area contributed by atoms with Gasteiger partial charge < -0.3 is 10.1 Å². The molecular weight excluding hydrogens is 298 g/mol. The predicted octanol–water partition coefficient (Wildman–Crippen LogP) is 2.32. The van der Waals surface area contributed by atoms with Crippen LogP contribution in [0.2, 0.25) is 0 Å². The Balaban J connectivity index is 1.81. The second-order valence-electron chi connectivity index (χ2n) is 5.67. The number of rotatable bonds is 4. The lowest BCUT2D eigenvalue weighted by Gasteiger charge is -2.38. The topological polar surface area (TPSA) is 64.1 Å². The SMILES string of the molecule is Cc1ccccc1C1(CNC(=O)c2cnns2)CCOCC1. The molecule has 0 unspecified atom stereocenters. The van der Waals surface area contributed by atoms with Crippen molar-refractivity contribution in [2.75, 3.05) is 19.8 Å². The maximum atomic E-state index is 12.2. The Kier molecular flexibility index (Phi) is 4.49. The van der Waals surface area contributed by atoms with E-state index in [0.717, 1.165) is 37.6 Å². The largest absolute Gasteiger partial charge is 0.381 e. The van der Waals surface area contributed by atoms with E-state index in [9.17, 15) is 4.79 Å². The molecule has 2 aromatic rings. The molecule has 2 heterocycles. The van der Waals surface area contributed by atoms with Crippen molar-refractivity contribution in [3.63, 3.8) is 0 Å². The molecule has 1 fully saturated rings. The van der Waals surface area contributed by atoms with E-state index in [2.05, 4.69) is 40.0 Å². The van der Waals surface area contributed by atoms with E-state index in [-0.39, 0.29) is 11.3 Å². The van der Waals surface area contributed by atoms with Gasteiger partial charge in [0, 0.05) is 25.2 Å². The van der Waals surface area contributed by atoms with Crippen LogP contribution in [0.4, 0.5) is 0 Å². The Labute approximate surface area is 133 Å². The van der Waals surface area contributed by atoms with Gasteiger partial charge in [-0.1, -0.05) is 28.8 Å². The molecule has 1 aromatic heterocycles. The van der Waals surface area contributed by atoms with Gasteiger partial charge in [-0.05, 0) is 42.4 Å². The van der Waals surface area contributed by atoms with E-state index in [1.807, 2.05) is 6.07 Å². The van der Waals surface area contributed by atoms with Crippen molar-refractivity contribution in [3.8, 4) is 0 Å². The lowest BCUT2D eigenvalue weighted by atomic mass is 9.72. The number of amides is 1. The van der Waals surface area contributed by atoms with Crippen LogP contribution in [0.5, 0.6) is 0 Å². The number of aryl methyl sites for hydroxylation is 1. The number of carbonyl (C=O) groups excluding carboxylic acids is 1. The number of benzene rings is 1. The summed E-state index contributed by atoms with van der Waals surface area (Å²) >= 11 is 1.12. The number of nitrogens with zero attached hydrogens (tertiary/aromatic N) is 2. The Hall–Kier alpha value is -1.79. The third-order valence-electron chi connectivity index (χ3n) is 4.34. The summed E-state index contributed by atoms with van der Waals surface area (Å²) in [5, 5.41) is 6.77. The van der Waals surface area contributed by atoms with Crippen molar-refractivity contribution < 1.29 is 9.53 Å². The summed E-state index contributed by atoms with van der Waals surface area (Å²) < 4.78 is 9.27. The molecule has 116 valence electrons. The van der Waals surface area contributed by atoms with E-state index >= 15 is 0 Å². The molecule has 22 heavy (non-hydrogen) atoms. The number of carbonyl (C=O) groups is 1. The van der Waals surface area contributed by atoms with Gasteiger partial charge in [-0.25, -0.2) is 0 Å². The summed E-state index contributed by atoms with van der Waals surface area (Å²) in [6, 6.07) is 8.41. The van der Waals surface area contributed by atoms with Crippen molar-refractivity contribution in [3.05, 3.63) is 46.5 Å². The maximum absolute atomic E-state index is 12.2. The second kappa shape index (κ2) is 6.54. The van der Waals surface area contributed by atoms with E-state index in [4.69, 9.17) is 4.74 Å². The Morgan fingerprint density at radius 1 is 1.36 bits per heavy atom. The molecule has 0 spiro atoms. The third kappa shape index (κ3) is 3.03. The number of hydrogen-bond acceptors (Lipinski definition) is 5. The Bertz CT molecular complexity index is 637. The van der Waals surface area contributed by atoms with Gasteiger partial charge in [0.15, 0.2) is 0 Å². The van der Waals surface area contributed by atoms with Crippen LogP contribution in [0.3, 0.4) is 0 Å². The average molecular weight is 317 g/mol. The summed E-state index contributed by atoms with van der Waals surface area (Å²) in [4.78, 5) is 12.7. The summed E-state index contributed by atoms with van der Waals surface area (Å²) in [6.45, 7) is 4.19. The molecule has 0 aliphatic carbocycles. The highest BCUT2D eigenvalue weighted by Gasteiger charge is 2.36. The van der Waals surface area contributed by atoms with Crippen LogP contribution in [-0.2, 0) is 10.2 Å². The minimum Gasteiger partial charge on any atom is -0.381 e. The zero-order valence-electron chi connectivity index (χ0n) is 12.5. The molecule has 3 rings (SSSR count). The fourth-order valence-electron chi connectivity index (χ4n) is 3.08. The molecule has 1 aliphatic rings. The van der Waals surface area contributed by atoms with Crippen molar-refractivity contribution in [1.82, 2.24) is 14.9 Å². The second-order valence-corrected chi connectivity index (χ2v) is 6.46. The molecular formula is C16H19N3O2S. The molecule has 1 saturated heterocycles. The highest BCUT2D eigenvalue weighted by atomic mass is 32.1. The van der Waals surface area contributed by atoms with E-state index < -0.39 is 0 Å². The van der Waals surface area contributed by atoms with Gasteiger partial charge in [0.1, 0.15) is 4.88 Å². The van der Waals surface area contributed by atoms with Crippen LogP contribution >= 0.6 is 11.5 Å². The van der Waals surface area contributed by atoms with Gasteiger partial charge >= 0.3 is 0 Å². The normalized spacial score (nSPS) is 17.1. The predicted molar refractivity (Wildman–Crippen MR) is 85.2 cm³/mol. The van der Waals surface area contributed by atoms with Crippen LogP contribution < -0.4 is 5.32 Å². The molecule has 5 nitrogen and oxygen atoms in total. The first-order valence-electron chi connectivity index (χ1n) is 7.41. The molecule has 0 saturated carbocycles. The average Bonchev–Trinajstić information content (AvgIpc) is 3.08. The van der Waals surface area contributed by atoms with E-state index in [0.29, 0.717) is 11.4 Å². The smallest absolute Gasteiger partial charge is 0.264 e. The summed E-state index contributed by atoms with van der Waals surface area (Å²) in [7, 11) is 0. The maximum Gasteiger partial charge on any atom is 0.264 e. The van der Waals surface area contributed by atoms with Crippen LogP contribution in [0, 0.1) is 6.92 Å². The Morgan fingerprint density at radius 2 is 2.14 bits per heavy atom. The molecule has 1 aliphatic heterocycles. The third-order valence-corrected chi connectivity index (χ3v) is 5.00. The lowest BCUT2D eigenvalue weighted by Crippen LogP contribution is -2.44. The van der Waals surface area contributed by atoms with Gasteiger partial charge in [-0.2, -0.15) is 0 Å². The minimum absolute atomic E-state index is 0.0582. The lowest BCUT2D eigenvalue weighted by molar-refractivity contribution is 0.0485. The number of nitrogens with one attached hydrogen (secondary N) is 1. The van der Waals surface area contributed by atoms with Crippen LogP contribution in [-0.4, -0.2) is 35.3 Å². The molecule has 1 amide bonds. The number of hydrogen-bond donors (Lipinski definition) is 1. The monoisotopic (exact) mass is 317 g/mol. The van der Waals surface area contributed by atoms with E-state index in [1.165, 1.54) is 17.3 Å². The van der Waals surface area contributed by atoms with Gasteiger partial charge in [-0.15, -0.1) is 5.10 Å². The minimum atomic E-state index is -0.102. The summed E-state index contributed by atoms with van der Waals surface area (Å²) in [6.07, 6.45) is 3.34. The standard InChI is InChI=1S/C16H19N3O2S/c1-12-4-2-3-5-13(12)16(6-8-21-9-7-16)11-17-15(20)14-10-18-19-22-14/h2-5,10H,6-9,11H2,1H3,(H,17,20). The highest BCUT2D eigenvalue weighted by Crippen LogP contribution is 2.36. The fraction of sp³-hybridized carbons (Fsp3) is 0.438. The number of ether oxygens (including phenoxy) is 1. The Morgan fingerprint density at radius 3 is 2.82 bits per heavy atom. The molecule has 6 heteroatoms. The first kappa shape index (κ1) is 15.1. The quantitative estimate of drug-likeness (QED) is 0.940. The first-order valence-corrected chi connectivity index (χ1v) is 8.18. The summed E-state index contributed by atoms with van der Waals surface area (Å²) in [5.41, 5.74) is 2.51. The zero-order valence-corrected chi connectivity index (χ0v) is 13.4. The molecule has 1 N–H and O–H groups in total. The van der Waals surface area contributed by atoms with E-state index in [1.54, 1.807) is 0 Å². The van der Waals surface area contributed by atoms with Crippen LogP contribution in [0.1, 0.15) is 33.6 Å². The first-order chi connectivity index (χ1) is 10.7. The highest BCUT2D eigenvalue weighted by molar-refractivity contribution is 7.07. The molecule has 0 bridgehead atoms. The zero-order chi connectivity index (χ0) is 15.4. The van der Waals surface area contributed by atoms with Gasteiger partial charge in [0.25, 0.3) is 5.91 Å².